The number of rotatable bonds is 7. The third-order valence-electron chi connectivity index (χ3n) is 3.13. The summed E-state index contributed by atoms with van der Waals surface area (Å²) < 4.78 is 0. The lowest BCUT2D eigenvalue weighted by atomic mass is 9.92. The van der Waals surface area contributed by atoms with E-state index in [0.717, 1.165) is 17.5 Å². The normalized spacial score (nSPS) is 13.0. The smallest absolute Gasteiger partial charge is 0.0441 e. The molecule has 0 aromatic heterocycles. The summed E-state index contributed by atoms with van der Waals surface area (Å²) in [5, 5.41) is 4.17. The highest BCUT2D eigenvalue weighted by Gasteiger charge is 2.13. The topological polar surface area (TPSA) is 12.0 Å². The maximum Gasteiger partial charge on any atom is 0.0441 e. The van der Waals surface area contributed by atoms with Gasteiger partial charge in [0.25, 0.3) is 0 Å². The number of nitrogens with one attached hydrogen (secondary N) is 1. The quantitative estimate of drug-likeness (QED) is 0.756. The van der Waals surface area contributed by atoms with Crippen molar-refractivity contribution in [2.75, 3.05) is 13.6 Å². The van der Waals surface area contributed by atoms with Gasteiger partial charge in [-0.25, -0.2) is 0 Å². The van der Waals surface area contributed by atoms with E-state index in [1.54, 1.807) is 0 Å². The molecule has 17 heavy (non-hydrogen) atoms. The molecule has 1 atom stereocenters. The second kappa shape index (κ2) is 7.73. The highest BCUT2D eigenvalue weighted by molar-refractivity contribution is 6.31. The van der Waals surface area contributed by atoms with Gasteiger partial charge in [-0.3, -0.25) is 0 Å². The summed E-state index contributed by atoms with van der Waals surface area (Å²) in [6, 6.07) is 8.21. The lowest BCUT2D eigenvalue weighted by Gasteiger charge is -2.18. The van der Waals surface area contributed by atoms with Gasteiger partial charge >= 0.3 is 0 Å². The van der Waals surface area contributed by atoms with Gasteiger partial charge in [0.2, 0.25) is 0 Å². The minimum absolute atomic E-state index is 0.535. The molecule has 0 amide bonds. The molecular weight excluding hydrogens is 230 g/mol. The van der Waals surface area contributed by atoms with Gasteiger partial charge in [-0.2, -0.15) is 0 Å². The zero-order valence-electron chi connectivity index (χ0n) is 11.2. The van der Waals surface area contributed by atoms with Crippen LogP contribution in [0.1, 0.15) is 44.6 Å². The molecule has 0 radical (unpaired) electrons. The third-order valence-corrected chi connectivity index (χ3v) is 3.47. The summed E-state index contributed by atoms with van der Waals surface area (Å²) >= 11 is 6.27. The molecular formula is C15H24ClN. The van der Waals surface area contributed by atoms with Gasteiger partial charge in [0.1, 0.15) is 0 Å². The Morgan fingerprint density at radius 2 is 1.88 bits per heavy atom. The molecule has 0 saturated carbocycles. The van der Waals surface area contributed by atoms with Crippen molar-refractivity contribution in [1.82, 2.24) is 5.32 Å². The van der Waals surface area contributed by atoms with E-state index in [9.17, 15) is 0 Å². The van der Waals surface area contributed by atoms with Crippen molar-refractivity contribution in [2.45, 2.75) is 39.0 Å². The monoisotopic (exact) mass is 253 g/mol. The van der Waals surface area contributed by atoms with Crippen LogP contribution in [0.4, 0.5) is 0 Å². The summed E-state index contributed by atoms with van der Waals surface area (Å²) in [4.78, 5) is 0. The summed E-state index contributed by atoms with van der Waals surface area (Å²) in [5.74, 6) is 1.32. The summed E-state index contributed by atoms with van der Waals surface area (Å²) in [6.07, 6.45) is 3.78. The Morgan fingerprint density at radius 3 is 2.47 bits per heavy atom. The Kier molecular flexibility index (Phi) is 6.61. The maximum absolute atomic E-state index is 6.27. The van der Waals surface area contributed by atoms with E-state index in [4.69, 9.17) is 11.6 Å². The third kappa shape index (κ3) is 5.10. The molecule has 1 nitrogen and oxygen atoms in total. The molecule has 0 fully saturated rings. The average molecular weight is 254 g/mol. The predicted octanol–water partition coefficient (Wildman–Crippen LogP) is 4.47. The number of likely N-dealkylation sites (N-methyl/N-ethyl adjacent to an activating group) is 1. The zero-order chi connectivity index (χ0) is 12.7. The van der Waals surface area contributed by atoms with E-state index >= 15 is 0 Å². The molecule has 1 rings (SSSR count). The van der Waals surface area contributed by atoms with Crippen molar-refractivity contribution in [1.29, 1.82) is 0 Å². The van der Waals surface area contributed by atoms with Crippen LogP contribution >= 0.6 is 11.6 Å². The molecule has 0 saturated heterocycles. The summed E-state index contributed by atoms with van der Waals surface area (Å²) in [5.41, 5.74) is 1.28. The van der Waals surface area contributed by atoms with Crippen molar-refractivity contribution < 1.29 is 0 Å². The fourth-order valence-electron chi connectivity index (χ4n) is 2.19. The zero-order valence-corrected chi connectivity index (χ0v) is 11.9. The van der Waals surface area contributed by atoms with Crippen LogP contribution in [-0.2, 0) is 0 Å². The lowest BCUT2D eigenvalue weighted by Crippen LogP contribution is -2.17. The van der Waals surface area contributed by atoms with Crippen LogP contribution in [-0.4, -0.2) is 13.6 Å². The van der Waals surface area contributed by atoms with Crippen molar-refractivity contribution in [3.8, 4) is 0 Å². The standard InChI is InChI=1S/C15H24ClN/c1-12(2)7-6-8-13(11-17-3)14-9-4-5-10-15(14)16/h4-5,9-10,12-13,17H,6-8,11H2,1-3H3. The first-order valence-electron chi connectivity index (χ1n) is 6.54. The van der Waals surface area contributed by atoms with E-state index in [1.807, 2.05) is 19.2 Å². The van der Waals surface area contributed by atoms with Gasteiger partial charge in [-0.05, 0) is 36.9 Å². The molecule has 1 unspecified atom stereocenters. The Morgan fingerprint density at radius 1 is 1.18 bits per heavy atom. The molecule has 96 valence electrons. The highest BCUT2D eigenvalue weighted by atomic mass is 35.5. The fraction of sp³-hybridized carbons (Fsp3) is 0.600. The van der Waals surface area contributed by atoms with Gasteiger partial charge in [0, 0.05) is 11.6 Å². The molecule has 1 aromatic carbocycles. The number of benzene rings is 1. The maximum atomic E-state index is 6.27. The van der Waals surface area contributed by atoms with Crippen molar-refractivity contribution in [3.63, 3.8) is 0 Å². The molecule has 0 aliphatic heterocycles. The van der Waals surface area contributed by atoms with Crippen molar-refractivity contribution in [2.24, 2.45) is 5.92 Å². The summed E-state index contributed by atoms with van der Waals surface area (Å²) in [7, 11) is 2.01. The van der Waals surface area contributed by atoms with E-state index < -0.39 is 0 Å². The van der Waals surface area contributed by atoms with Crippen LogP contribution in [0.5, 0.6) is 0 Å². The minimum Gasteiger partial charge on any atom is -0.319 e. The van der Waals surface area contributed by atoms with Crippen LogP contribution in [0.25, 0.3) is 0 Å². The molecule has 2 heteroatoms. The first-order valence-corrected chi connectivity index (χ1v) is 6.92. The van der Waals surface area contributed by atoms with Gasteiger partial charge in [0.15, 0.2) is 0 Å². The Hall–Kier alpha value is -0.530. The number of hydrogen-bond acceptors (Lipinski definition) is 1. The Balaban J connectivity index is 2.62. The van der Waals surface area contributed by atoms with Crippen molar-refractivity contribution in [3.05, 3.63) is 34.9 Å². The second-order valence-electron chi connectivity index (χ2n) is 5.10. The van der Waals surface area contributed by atoms with Gasteiger partial charge in [-0.15, -0.1) is 0 Å². The first kappa shape index (κ1) is 14.5. The minimum atomic E-state index is 0.535. The second-order valence-corrected chi connectivity index (χ2v) is 5.51. The lowest BCUT2D eigenvalue weighted by molar-refractivity contribution is 0.490. The van der Waals surface area contributed by atoms with Gasteiger partial charge < -0.3 is 5.32 Å². The molecule has 1 aromatic rings. The van der Waals surface area contributed by atoms with E-state index in [2.05, 4.69) is 31.3 Å². The van der Waals surface area contributed by atoms with Crippen LogP contribution in [0.15, 0.2) is 24.3 Å². The van der Waals surface area contributed by atoms with Gasteiger partial charge in [-0.1, -0.05) is 56.5 Å². The Bertz CT molecular complexity index is 322. The molecule has 0 spiro atoms. The fourth-order valence-corrected chi connectivity index (χ4v) is 2.48. The molecule has 0 aliphatic rings. The van der Waals surface area contributed by atoms with E-state index in [-0.39, 0.29) is 0 Å². The molecule has 1 N–H and O–H groups in total. The van der Waals surface area contributed by atoms with Crippen LogP contribution in [0, 0.1) is 5.92 Å². The van der Waals surface area contributed by atoms with Gasteiger partial charge in [0.05, 0.1) is 0 Å². The SMILES string of the molecule is CNCC(CCCC(C)C)c1ccccc1Cl. The van der Waals surface area contributed by atoms with Crippen molar-refractivity contribution >= 4 is 11.6 Å². The van der Waals surface area contributed by atoms with Crippen LogP contribution in [0.2, 0.25) is 5.02 Å². The van der Waals surface area contributed by atoms with E-state index in [1.165, 1.54) is 24.8 Å². The molecule has 0 bridgehead atoms. The average Bonchev–Trinajstić information content (AvgIpc) is 2.28. The predicted molar refractivity (Wildman–Crippen MR) is 76.8 cm³/mol. The van der Waals surface area contributed by atoms with Crippen LogP contribution in [0.3, 0.4) is 0 Å². The van der Waals surface area contributed by atoms with Crippen LogP contribution < -0.4 is 5.32 Å². The first-order chi connectivity index (χ1) is 8.15. The Labute approximate surface area is 111 Å². The van der Waals surface area contributed by atoms with E-state index in [0.29, 0.717) is 5.92 Å². The molecule has 0 heterocycles. The largest absolute Gasteiger partial charge is 0.319 e. The molecule has 0 aliphatic carbocycles. The summed E-state index contributed by atoms with van der Waals surface area (Å²) in [6.45, 7) is 5.56. The number of hydrogen-bond donors (Lipinski definition) is 1. The highest BCUT2D eigenvalue weighted by Crippen LogP contribution is 2.28. The number of halogens is 1.